The van der Waals surface area contributed by atoms with Gasteiger partial charge in [0.25, 0.3) is 0 Å². The Kier molecular flexibility index (Phi) is 4.65. The maximum Gasteiger partial charge on any atom is 0.310 e. The van der Waals surface area contributed by atoms with Crippen LogP contribution in [0.15, 0.2) is 54.6 Å². The monoisotopic (exact) mass is 324 g/mol. The molecule has 3 rings (SSSR count). The summed E-state index contributed by atoms with van der Waals surface area (Å²) in [6, 6.07) is 17.7. The Labute approximate surface area is 141 Å². The summed E-state index contributed by atoms with van der Waals surface area (Å²) < 4.78 is 10.0. The van der Waals surface area contributed by atoms with Crippen molar-refractivity contribution in [3.05, 3.63) is 71.3 Å². The zero-order valence-electron chi connectivity index (χ0n) is 13.8. The van der Waals surface area contributed by atoms with Gasteiger partial charge in [0.2, 0.25) is 0 Å². The van der Waals surface area contributed by atoms with Gasteiger partial charge in [-0.3, -0.25) is 9.59 Å². The first-order valence-corrected chi connectivity index (χ1v) is 7.95. The summed E-state index contributed by atoms with van der Waals surface area (Å²) in [5.74, 6) is -2.13. The first-order valence-electron chi connectivity index (χ1n) is 7.95. The highest BCUT2D eigenvalue weighted by Gasteiger charge is 2.46. The van der Waals surface area contributed by atoms with E-state index in [0.29, 0.717) is 6.42 Å². The lowest BCUT2D eigenvalue weighted by Crippen LogP contribution is -2.41. The van der Waals surface area contributed by atoms with Gasteiger partial charge in [0.1, 0.15) is 0 Å². The van der Waals surface area contributed by atoms with E-state index in [9.17, 15) is 9.59 Å². The molecule has 4 nitrogen and oxygen atoms in total. The third-order valence-electron chi connectivity index (χ3n) is 4.76. The molecule has 0 saturated heterocycles. The molecule has 124 valence electrons. The van der Waals surface area contributed by atoms with Crippen molar-refractivity contribution >= 4 is 11.9 Å². The van der Waals surface area contributed by atoms with E-state index >= 15 is 0 Å². The maximum absolute atomic E-state index is 12.6. The molecule has 24 heavy (non-hydrogen) atoms. The molecule has 0 unspecified atom stereocenters. The SMILES string of the molecule is COC(=O)[C@H]1[C@@H](c2ccccc2)c2ccccc2C[C@H]1C(=O)OC. The molecule has 0 aliphatic heterocycles. The summed E-state index contributed by atoms with van der Waals surface area (Å²) >= 11 is 0. The quantitative estimate of drug-likeness (QED) is 0.815. The number of hydrogen-bond acceptors (Lipinski definition) is 4. The summed E-state index contributed by atoms with van der Waals surface area (Å²) in [6.45, 7) is 0. The molecule has 3 atom stereocenters. The second-order valence-corrected chi connectivity index (χ2v) is 5.97. The van der Waals surface area contributed by atoms with Crippen LogP contribution in [0.3, 0.4) is 0 Å². The molecular formula is C20H20O4. The number of carbonyl (C=O) groups excluding carboxylic acids is 2. The molecule has 0 saturated carbocycles. The molecule has 0 fully saturated rings. The third-order valence-corrected chi connectivity index (χ3v) is 4.76. The summed E-state index contributed by atoms with van der Waals surface area (Å²) in [5, 5.41) is 0. The number of rotatable bonds is 3. The highest BCUT2D eigenvalue weighted by Crippen LogP contribution is 2.44. The third kappa shape index (κ3) is 2.80. The molecule has 4 heteroatoms. The van der Waals surface area contributed by atoms with Gasteiger partial charge in [-0.1, -0.05) is 54.6 Å². The topological polar surface area (TPSA) is 52.6 Å². The molecule has 1 aliphatic carbocycles. The number of carbonyl (C=O) groups is 2. The van der Waals surface area contributed by atoms with Gasteiger partial charge in [-0.15, -0.1) is 0 Å². The summed E-state index contributed by atoms with van der Waals surface area (Å²) in [5.41, 5.74) is 3.13. The lowest BCUT2D eigenvalue weighted by Gasteiger charge is -2.37. The van der Waals surface area contributed by atoms with Crippen LogP contribution >= 0.6 is 0 Å². The zero-order chi connectivity index (χ0) is 17.1. The van der Waals surface area contributed by atoms with Crippen molar-refractivity contribution in [2.24, 2.45) is 11.8 Å². The molecule has 0 radical (unpaired) electrons. The van der Waals surface area contributed by atoms with E-state index in [1.807, 2.05) is 54.6 Å². The van der Waals surface area contributed by atoms with Crippen molar-refractivity contribution in [1.29, 1.82) is 0 Å². The largest absolute Gasteiger partial charge is 0.469 e. The minimum Gasteiger partial charge on any atom is -0.469 e. The fourth-order valence-corrected chi connectivity index (χ4v) is 3.68. The van der Waals surface area contributed by atoms with Crippen molar-refractivity contribution in [3.63, 3.8) is 0 Å². The minimum atomic E-state index is -0.597. The fraction of sp³-hybridized carbons (Fsp3) is 0.300. The van der Waals surface area contributed by atoms with Gasteiger partial charge in [0, 0.05) is 5.92 Å². The van der Waals surface area contributed by atoms with Gasteiger partial charge in [-0.05, 0) is 23.1 Å². The highest BCUT2D eigenvalue weighted by atomic mass is 16.5. The number of hydrogen-bond donors (Lipinski definition) is 0. The average molecular weight is 324 g/mol. The van der Waals surface area contributed by atoms with Gasteiger partial charge in [-0.25, -0.2) is 0 Å². The summed E-state index contributed by atoms with van der Waals surface area (Å²) in [7, 11) is 2.72. The Morgan fingerprint density at radius 3 is 2.17 bits per heavy atom. The normalized spacial score (nSPS) is 22.3. The molecule has 0 bridgehead atoms. The Balaban J connectivity index is 2.19. The van der Waals surface area contributed by atoms with Crippen molar-refractivity contribution in [2.45, 2.75) is 12.3 Å². The van der Waals surface area contributed by atoms with Gasteiger partial charge < -0.3 is 9.47 Å². The van der Waals surface area contributed by atoms with E-state index in [1.165, 1.54) is 14.2 Å². The van der Waals surface area contributed by atoms with Crippen LogP contribution in [0.2, 0.25) is 0 Å². The molecule has 0 amide bonds. The molecule has 0 aromatic heterocycles. The smallest absolute Gasteiger partial charge is 0.310 e. The van der Waals surface area contributed by atoms with E-state index in [4.69, 9.17) is 9.47 Å². The number of esters is 2. The van der Waals surface area contributed by atoms with Crippen LogP contribution in [0.1, 0.15) is 22.6 Å². The van der Waals surface area contributed by atoms with Crippen LogP contribution < -0.4 is 0 Å². The lowest BCUT2D eigenvalue weighted by atomic mass is 9.66. The van der Waals surface area contributed by atoms with Crippen LogP contribution in [-0.2, 0) is 25.5 Å². The molecule has 2 aromatic carbocycles. The molecule has 0 N–H and O–H groups in total. The van der Waals surface area contributed by atoms with E-state index in [1.54, 1.807) is 0 Å². The Morgan fingerprint density at radius 1 is 0.875 bits per heavy atom. The Hall–Kier alpha value is -2.62. The van der Waals surface area contributed by atoms with Crippen LogP contribution in [0.5, 0.6) is 0 Å². The molecule has 2 aromatic rings. The Bertz CT molecular complexity index is 738. The van der Waals surface area contributed by atoms with Crippen LogP contribution in [0.4, 0.5) is 0 Å². The first-order chi connectivity index (χ1) is 11.7. The second kappa shape index (κ2) is 6.87. The van der Waals surface area contributed by atoms with Crippen LogP contribution in [0, 0.1) is 11.8 Å². The maximum atomic E-state index is 12.6. The molecular weight excluding hydrogens is 304 g/mol. The molecule has 0 spiro atoms. The number of ether oxygens (including phenoxy) is 2. The van der Waals surface area contributed by atoms with Crippen molar-refractivity contribution in [1.82, 2.24) is 0 Å². The van der Waals surface area contributed by atoms with Crippen LogP contribution in [-0.4, -0.2) is 26.2 Å². The zero-order valence-corrected chi connectivity index (χ0v) is 13.8. The standard InChI is InChI=1S/C20H20O4/c1-23-19(21)16-12-14-10-6-7-11-15(14)17(18(16)20(22)24-2)13-8-4-3-5-9-13/h3-11,16-18H,12H2,1-2H3/t16-,17+,18-/m1/s1. The number of fused-ring (bicyclic) bond motifs is 1. The summed E-state index contributed by atoms with van der Waals surface area (Å²) in [4.78, 5) is 24.9. The number of methoxy groups -OCH3 is 2. The van der Waals surface area contributed by atoms with Crippen molar-refractivity contribution in [2.75, 3.05) is 14.2 Å². The molecule has 1 aliphatic rings. The summed E-state index contributed by atoms with van der Waals surface area (Å²) in [6.07, 6.45) is 0.478. The Morgan fingerprint density at radius 2 is 1.50 bits per heavy atom. The molecule has 0 heterocycles. The lowest BCUT2D eigenvalue weighted by molar-refractivity contribution is -0.158. The van der Waals surface area contributed by atoms with Gasteiger partial charge >= 0.3 is 11.9 Å². The highest BCUT2D eigenvalue weighted by molar-refractivity contribution is 5.84. The van der Waals surface area contributed by atoms with Crippen molar-refractivity contribution in [3.8, 4) is 0 Å². The predicted molar refractivity (Wildman–Crippen MR) is 89.4 cm³/mol. The minimum absolute atomic E-state index is 0.229. The van der Waals surface area contributed by atoms with Crippen molar-refractivity contribution < 1.29 is 19.1 Å². The van der Waals surface area contributed by atoms with E-state index < -0.39 is 11.8 Å². The fourth-order valence-electron chi connectivity index (χ4n) is 3.68. The van der Waals surface area contributed by atoms with Crippen LogP contribution in [0.25, 0.3) is 0 Å². The predicted octanol–water partition coefficient (Wildman–Crippen LogP) is 2.95. The van der Waals surface area contributed by atoms with E-state index in [0.717, 1.165) is 16.7 Å². The van der Waals surface area contributed by atoms with Gasteiger partial charge in [-0.2, -0.15) is 0 Å². The van der Waals surface area contributed by atoms with E-state index in [-0.39, 0.29) is 17.9 Å². The average Bonchev–Trinajstić information content (AvgIpc) is 2.65. The number of benzene rings is 2. The first kappa shape index (κ1) is 16.2. The second-order valence-electron chi connectivity index (χ2n) is 5.97. The van der Waals surface area contributed by atoms with Gasteiger partial charge in [0.15, 0.2) is 0 Å². The van der Waals surface area contributed by atoms with E-state index in [2.05, 4.69) is 0 Å². The van der Waals surface area contributed by atoms with Gasteiger partial charge in [0.05, 0.1) is 26.1 Å².